The normalized spacial score (nSPS) is 15.1. The minimum absolute atomic E-state index is 0.0312. The smallest absolute Gasteiger partial charge is 0.311 e. The Balaban J connectivity index is 3.51. The van der Waals surface area contributed by atoms with E-state index in [0.717, 1.165) is 4.57 Å². The third-order valence-electron chi connectivity index (χ3n) is 3.96. The molecule has 15 heteroatoms. The Morgan fingerprint density at radius 2 is 1.03 bits per heavy atom. The molecule has 0 unspecified atom stereocenters. The third-order valence-corrected chi connectivity index (χ3v) is 5.49. The first-order valence-electron chi connectivity index (χ1n) is 8.03. The van der Waals surface area contributed by atoms with Gasteiger partial charge in [-0.25, -0.2) is 0 Å². The van der Waals surface area contributed by atoms with E-state index >= 15 is 0 Å². The largest absolute Gasteiger partial charge is 0.384 e. The maximum absolute atomic E-state index is 14.2. The monoisotopic (exact) mass is 512 g/mol. The molecule has 176 valence electrons. The van der Waals surface area contributed by atoms with Gasteiger partial charge in [0.1, 0.15) is 10.1 Å². The van der Waals surface area contributed by atoms with Crippen LogP contribution in [0.15, 0.2) is 10.1 Å². The third kappa shape index (κ3) is 4.48. The van der Waals surface area contributed by atoms with E-state index in [1.54, 1.807) is 20.8 Å². The summed E-state index contributed by atoms with van der Waals surface area (Å²) >= 11 is 12.7. The van der Waals surface area contributed by atoms with Gasteiger partial charge in [0.25, 0.3) is 0 Å². The molecule has 2 nitrogen and oxygen atoms in total. The zero-order valence-corrected chi connectivity index (χ0v) is 18.5. The van der Waals surface area contributed by atoms with Gasteiger partial charge in [-0.15, -0.1) is 25.3 Å². The molecule has 0 atom stereocenters. The number of hydrogen-bond donors (Lipinski definition) is 2. The molecule has 1 aromatic heterocycles. The lowest BCUT2D eigenvalue weighted by atomic mass is 9.95. The number of aromatic nitrogens is 2. The van der Waals surface area contributed by atoms with Crippen molar-refractivity contribution in [3.63, 3.8) is 0 Å². The highest BCUT2D eigenvalue weighted by Gasteiger charge is 2.85. The molecule has 0 spiro atoms. The minimum Gasteiger partial charge on any atom is -0.311 e. The average Bonchev–Trinajstić information content (AvgIpc) is 2.69. The number of hydrogen-bond acceptors (Lipinski definition) is 3. The molecule has 0 fully saturated rings. The lowest BCUT2D eigenvalue weighted by molar-refractivity contribution is -0.400. The molecule has 0 aromatic carbocycles. The van der Waals surface area contributed by atoms with Gasteiger partial charge >= 0.3 is 29.6 Å². The number of thiol groups is 2. The van der Waals surface area contributed by atoms with Crippen LogP contribution >= 0.6 is 37.5 Å². The molecule has 1 heterocycles. The van der Waals surface area contributed by atoms with Gasteiger partial charge in [-0.2, -0.15) is 43.9 Å². The Labute approximate surface area is 181 Å². The maximum atomic E-state index is 14.2. The Bertz CT molecular complexity index is 847. The SMILES string of the molecule is CC(C)(C)Cn1c(S)c(S)n(CC(F)(F)C(F)(F)C(F)(F)C(F)(F)C(C)(F)F)c1=S. The van der Waals surface area contributed by atoms with E-state index < -0.39 is 58.3 Å². The Morgan fingerprint density at radius 3 is 1.37 bits per heavy atom. The molecule has 0 bridgehead atoms. The molecule has 0 saturated carbocycles. The van der Waals surface area contributed by atoms with Gasteiger partial charge in [0, 0.05) is 13.5 Å². The number of imidazole rings is 1. The predicted molar refractivity (Wildman–Crippen MR) is 97.6 cm³/mol. The summed E-state index contributed by atoms with van der Waals surface area (Å²) in [4.78, 5) is 0. The Morgan fingerprint density at radius 1 is 0.667 bits per heavy atom. The summed E-state index contributed by atoms with van der Waals surface area (Å²) in [6, 6.07) is 0. The van der Waals surface area contributed by atoms with Crippen molar-refractivity contribution in [2.24, 2.45) is 5.41 Å². The summed E-state index contributed by atoms with van der Waals surface area (Å²) in [5.41, 5.74) is -0.518. The van der Waals surface area contributed by atoms with Crippen LogP contribution in [0.3, 0.4) is 0 Å². The molecular weight excluding hydrogens is 494 g/mol. The van der Waals surface area contributed by atoms with Gasteiger partial charge in [0.15, 0.2) is 4.77 Å². The van der Waals surface area contributed by atoms with Gasteiger partial charge in [-0.3, -0.25) is 0 Å². The average molecular weight is 513 g/mol. The number of alkyl halides is 10. The molecule has 1 rings (SSSR count). The van der Waals surface area contributed by atoms with Crippen molar-refractivity contribution in [3.05, 3.63) is 4.77 Å². The van der Waals surface area contributed by atoms with Crippen molar-refractivity contribution in [1.82, 2.24) is 9.13 Å². The van der Waals surface area contributed by atoms with Crippen LogP contribution in [-0.4, -0.2) is 38.7 Å². The zero-order chi connectivity index (χ0) is 24.3. The van der Waals surface area contributed by atoms with E-state index in [4.69, 9.17) is 12.2 Å². The van der Waals surface area contributed by atoms with Gasteiger partial charge in [-0.1, -0.05) is 20.8 Å². The molecule has 30 heavy (non-hydrogen) atoms. The number of rotatable bonds is 7. The van der Waals surface area contributed by atoms with Crippen molar-refractivity contribution in [3.8, 4) is 0 Å². The second kappa shape index (κ2) is 7.78. The highest BCUT2D eigenvalue weighted by Crippen LogP contribution is 2.57. The van der Waals surface area contributed by atoms with Crippen LogP contribution in [0.1, 0.15) is 27.7 Å². The van der Waals surface area contributed by atoms with Gasteiger partial charge < -0.3 is 9.13 Å². The summed E-state index contributed by atoms with van der Waals surface area (Å²) in [5.74, 6) is -32.4. The highest BCUT2D eigenvalue weighted by atomic mass is 32.1. The lowest BCUT2D eigenvalue weighted by Gasteiger charge is -2.38. The topological polar surface area (TPSA) is 9.86 Å². The first-order chi connectivity index (χ1) is 12.9. The van der Waals surface area contributed by atoms with Crippen LogP contribution in [0.4, 0.5) is 43.9 Å². The van der Waals surface area contributed by atoms with Crippen LogP contribution < -0.4 is 0 Å². The van der Waals surface area contributed by atoms with Crippen molar-refractivity contribution >= 4 is 37.5 Å². The van der Waals surface area contributed by atoms with E-state index in [9.17, 15) is 43.9 Å². The number of nitrogens with zero attached hydrogens (tertiary/aromatic N) is 2. The van der Waals surface area contributed by atoms with E-state index in [1.807, 2.05) is 0 Å². The fraction of sp³-hybridized carbons (Fsp3) is 0.800. The second-order valence-corrected chi connectivity index (χ2v) is 9.19. The van der Waals surface area contributed by atoms with Crippen molar-refractivity contribution in [2.75, 3.05) is 0 Å². The maximum Gasteiger partial charge on any atom is 0.384 e. The first kappa shape index (κ1) is 27.5. The minimum atomic E-state index is -7.10. The fourth-order valence-corrected chi connectivity index (χ4v) is 3.35. The Hall–Kier alpha value is -0.570. The standard InChI is InChI=1S/C15H18F10N2S3/c1-10(2,3)5-26-7(28)8(29)27(9(26)30)6-12(18,19)14(22,23)15(24,25)13(20,21)11(4,16)17/h28-29H,5-6H2,1-4H3. The van der Waals surface area contributed by atoms with Crippen LogP contribution in [0.2, 0.25) is 0 Å². The molecule has 0 aliphatic carbocycles. The number of halogens is 10. The fourth-order valence-electron chi connectivity index (χ4n) is 2.33. The predicted octanol–water partition coefficient (Wildman–Crippen LogP) is 6.84. The van der Waals surface area contributed by atoms with Crippen LogP contribution in [0.25, 0.3) is 0 Å². The summed E-state index contributed by atoms with van der Waals surface area (Å²) in [7, 11) is 0. The van der Waals surface area contributed by atoms with Crippen LogP contribution in [0, 0.1) is 10.2 Å². The lowest BCUT2D eigenvalue weighted by Crippen LogP contribution is -2.67. The van der Waals surface area contributed by atoms with Crippen LogP contribution in [-0.2, 0) is 13.1 Å². The first-order valence-corrected chi connectivity index (χ1v) is 9.33. The molecule has 0 radical (unpaired) electrons. The molecular formula is C15H18F10N2S3. The van der Waals surface area contributed by atoms with E-state index in [-0.39, 0.29) is 16.1 Å². The zero-order valence-electron chi connectivity index (χ0n) is 15.9. The summed E-state index contributed by atoms with van der Waals surface area (Å²) in [6.45, 7) is 2.03. The van der Waals surface area contributed by atoms with Crippen LogP contribution in [0.5, 0.6) is 0 Å². The summed E-state index contributed by atoms with van der Waals surface area (Å²) in [6.07, 6.45) is 0. The van der Waals surface area contributed by atoms with Crippen molar-refractivity contribution in [1.29, 1.82) is 0 Å². The van der Waals surface area contributed by atoms with E-state index in [1.165, 1.54) is 0 Å². The van der Waals surface area contributed by atoms with Gasteiger partial charge in [0.2, 0.25) is 0 Å². The van der Waals surface area contributed by atoms with E-state index in [2.05, 4.69) is 25.3 Å². The molecule has 0 saturated heterocycles. The molecule has 0 amide bonds. The van der Waals surface area contributed by atoms with Gasteiger partial charge in [-0.05, 0) is 17.6 Å². The molecule has 1 aromatic rings. The van der Waals surface area contributed by atoms with Crippen molar-refractivity contribution in [2.45, 2.75) is 80.4 Å². The Kier molecular flexibility index (Phi) is 7.12. The molecule has 0 aliphatic rings. The highest BCUT2D eigenvalue weighted by molar-refractivity contribution is 7.83. The second-order valence-electron chi connectivity index (χ2n) is 7.98. The van der Waals surface area contributed by atoms with Crippen molar-refractivity contribution < 1.29 is 43.9 Å². The quantitative estimate of drug-likeness (QED) is 0.231. The molecule has 0 aliphatic heterocycles. The summed E-state index contributed by atoms with van der Waals surface area (Å²) in [5, 5.41) is -0.700. The van der Waals surface area contributed by atoms with Gasteiger partial charge in [0.05, 0.1) is 6.54 Å². The molecule has 0 N–H and O–H groups in total. The van der Waals surface area contributed by atoms with E-state index in [0.29, 0.717) is 0 Å². The summed E-state index contributed by atoms with van der Waals surface area (Å²) < 4.78 is 137.